The summed E-state index contributed by atoms with van der Waals surface area (Å²) >= 11 is 0. The number of ether oxygens (including phenoxy) is 1. The van der Waals surface area contributed by atoms with E-state index in [2.05, 4.69) is 9.97 Å². The third-order valence-corrected chi connectivity index (χ3v) is 5.50. The molecular weight excluding hydrogens is 370 g/mol. The Morgan fingerprint density at radius 1 is 1.21 bits per heavy atom. The lowest BCUT2D eigenvalue weighted by molar-refractivity contribution is -0.137. The Bertz CT molecular complexity index is 889. The van der Waals surface area contributed by atoms with Gasteiger partial charge in [-0.15, -0.1) is 0 Å². The minimum Gasteiger partial charge on any atom is -0.468 e. The van der Waals surface area contributed by atoms with Gasteiger partial charge in [0.05, 0.1) is 11.7 Å². The fourth-order valence-corrected chi connectivity index (χ4v) is 3.91. The van der Waals surface area contributed by atoms with Gasteiger partial charge in [0.15, 0.2) is 12.4 Å². The van der Waals surface area contributed by atoms with Crippen LogP contribution in [0.1, 0.15) is 49.3 Å². The summed E-state index contributed by atoms with van der Waals surface area (Å²) in [7, 11) is 0. The van der Waals surface area contributed by atoms with E-state index in [0.717, 1.165) is 30.5 Å². The fraction of sp³-hybridized carbons (Fsp3) is 0.476. The number of aromatic nitrogens is 3. The highest BCUT2D eigenvalue weighted by Crippen LogP contribution is 2.30. The highest BCUT2D eigenvalue weighted by atomic mass is 16.5. The average Bonchev–Trinajstić information content (AvgIpc) is 2.77. The molecule has 29 heavy (non-hydrogen) atoms. The maximum Gasteiger partial charge on any atom is 0.261 e. The molecule has 0 radical (unpaired) electrons. The number of carbonyl (C=O) groups excluding carboxylic acids is 2. The van der Waals surface area contributed by atoms with Gasteiger partial charge in [0.25, 0.3) is 5.91 Å². The number of piperidine rings is 1. The van der Waals surface area contributed by atoms with Crippen molar-refractivity contribution in [1.29, 1.82) is 0 Å². The lowest BCUT2D eigenvalue weighted by atomic mass is 10.00. The third kappa shape index (κ3) is 4.36. The minimum atomic E-state index is -0.139. The molecule has 0 saturated carbocycles. The van der Waals surface area contributed by atoms with Gasteiger partial charge >= 0.3 is 0 Å². The van der Waals surface area contributed by atoms with Gasteiger partial charge in [-0.2, -0.15) is 0 Å². The number of rotatable bonds is 4. The molecule has 4 heterocycles. The van der Waals surface area contributed by atoms with E-state index in [-0.39, 0.29) is 24.5 Å². The van der Waals surface area contributed by atoms with Crippen molar-refractivity contribution in [3.8, 4) is 5.88 Å². The summed E-state index contributed by atoms with van der Waals surface area (Å²) < 4.78 is 5.55. The van der Waals surface area contributed by atoms with Crippen LogP contribution in [0.5, 0.6) is 5.88 Å². The van der Waals surface area contributed by atoms with Gasteiger partial charge in [-0.25, -0.2) is 15.0 Å². The zero-order chi connectivity index (χ0) is 20.2. The largest absolute Gasteiger partial charge is 0.468 e. The SMILES string of the molecule is CC(=O)N1CCc2nc([C@H]3CCCCN3C(=O)COc3ccccn3)ncc2C1. The second-order valence-corrected chi connectivity index (χ2v) is 7.45. The number of amides is 2. The van der Waals surface area contributed by atoms with Crippen molar-refractivity contribution >= 4 is 11.8 Å². The van der Waals surface area contributed by atoms with Crippen LogP contribution in [-0.2, 0) is 22.6 Å². The lowest BCUT2D eigenvalue weighted by Crippen LogP contribution is -2.42. The molecule has 8 nitrogen and oxygen atoms in total. The van der Waals surface area contributed by atoms with Gasteiger partial charge < -0.3 is 14.5 Å². The summed E-state index contributed by atoms with van der Waals surface area (Å²) in [6, 6.07) is 5.22. The van der Waals surface area contributed by atoms with Gasteiger partial charge in [0, 0.05) is 57.0 Å². The van der Waals surface area contributed by atoms with Gasteiger partial charge in [0.2, 0.25) is 11.8 Å². The average molecular weight is 395 g/mol. The maximum atomic E-state index is 12.8. The van der Waals surface area contributed by atoms with Crippen molar-refractivity contribution in [1.82, 2.24) is 24.8 Å². The highest BCUT2D eigenvalue weighted by molar-refractivity contribution is 5.78. The van der Waals surface area contributed by atoms with Crippen LogP contribution in [0.4, 0.5) is 0 Å². The normalized spacial score (nSPS) is 18.9. The Balaban J connectivity index is 1.47. The number of likely N-dealkylation sites (tertiary alicyclic amines) is 1. The molecule has 2 aromatic heterocycles. The monoisotopic (exact) mass is 395 g/mol. The first-order valence-corrected chi connectivity index (χ1v) is 10.1. The summed E-state index contributed by atoms with van der Waals surface area (Å²) in [5.41, 5.74) is 1.97. The zero-order valence-electron chi connectivity index (χ0n) is 16.6. The predicted octanol–water partition coefficient (Wildman–Crippen LogP) is 1.91. The van der Waals surface area contributed by atoms with Crippen LogP contribution in [0.25, 0.3) is 0 Å². The number of pyridine rings is 1. The summed E-state index contributed by atoms with van der Waals surface area (Å²) in [6.45, 7) is 3.43. The van der Waals surface area contributed by atoms with Crippen molar-refractivity contribution in [3.05, 3.63) is 47.7 Å². The zero-order valence-corrected chi connectivity index (χ0v) is 16.6. The summed E-state index contributed by atoms with van der Waals surface area (Å²) in [5, 5.41) is 0. The van der Waals surface area contributed by atoms with E-state index in [4.69, 9.17) is 9.72 Å². The van der Waals surface area contributed by atoms with Gasteiger partial charge in [-0.3, -0.25) is 9.59 Å². The second kappa shape index (κ2) is 8.55. The Morgan fingerprint density at radius 2 is 2.10 bits per heavy atom. The molecule has 2 amide bonds. The van der Waals surface area contributed by atoms with Crippen molar-refractivity contribution in [2.24, 2.45) is 0 Å². The van der Waals surface area contributed by atoms with Crippen molar-refractivity contribution < 1.29 is 14.3 Å². The van der Waals surface area contributed by atoms with E-state index in [1.807, 2.05) is 17.2 Å². The molecule has 0 spiro atoms. The molecule has 1 atom stereocenters. The number of carbonyl (C=O) groups is 2. The molecule has 1 fully saturated rings. The first kappa shape index (κ1) is 19.3. The molecule has 152 valence electrons. The molecular formula is C21H25N5O3. The van der Waals surface area contributed by atoms with E-state index in [1.54, 1.807) is 30.2 Å². The first-order chi connectivity index (χ1) is 14.1. The van der Waals surface area contributed by atoms with Gasteiger partial charge in [-0.05, 0) is 25.3 Å². The van der Waals surface area contributed by atoms with Gasteiger partial charge in [0.1, 0.15) is 0 Å². The minimum absolute atomic E-state index is 0.0496. The Kier molecular flexibility index (Phi) is 5.69. The molecule has 1 saturated heterocycles. The Morgan fingerprint density at radius 3 is 2.90 bits per heavy atom. The highest BCUT2D eigenvalue weighted by Gasteiger charge is 2.31. The fourth-order valence-electron chi connectivity index (χ4n) is 3.91. The summed E-state index contributed by atoms with van der Waals surface area (Å²) in [5.74, 6) is 1.11. The number of nitrogens with zero attached hydrogens (tertiary/aromatic N) is 5. The molecule has 8 heteroatoms. The van der Waals surface area contributed by atoms with Crippen LogP contribution in [-0.4, -0.2) is 56.3 Å². The molecule has 0 bridgehead atoms. The molecule has 4 rings (SSSR count). The quantitative estimate of drug-likeness (QED) is 0.786. The number of hydrogen-bond acceptors (Lipinski definition) is 6. The van der Waals surface area contributed by atoms with E-state index >= 15 is 0 Å². The molecule has 0 N–H and O–H groups in total. The third-order valence-electron chi connectivity index (χ3n) is 5.50. The number of hydrogen-bond donors (Lipinski definition) is 0. The second-order valence-electron chi connectivity index (χ2n) is 7.45. The first-order valence-electron chi connectivity index (χ1n) is 10.1. The Hall–Kier alpha value is -3.03. The van der Waals surface area contributed by atoms with Crippen molar-refractivity contribution in [3.63, 3.8) is 0 Å². The molecule has 2 aliphatic rings. The Labute approximate surface area is 169 Å². The van der Waals surface area contributed by atoms with Crippen LogP contribution in [0.15, 0.2) is 30.6 Å². The summed E-state index contributed by atoms with van der Waals surface area (Å²) in [6.07, 6.45) is 7.01. The van der Waals surface area contributed by atoms with E-state index in [1.165, 1.54) is 0 Å². The van der Waals surface area contributed by atoms with Crippen molar-refractivity contribution in [2.45, 2.75) is 45.2 Å². The molecule has 2 aromatic rings. The predicted molar refractivity (Wildman–Crippen MR) is 105 cm³/mol. The lowest BCUT2D eigenvalue weighted by Gasteiger charge is -2.35. The van der Waals surface area contributed by atoms with E-state index in [0.29, 0.717) is 37.8 Å². The molecule has 0 unspecified atom stereocenters. The van der Waals surface area contributed by atoms with Crippen LogP contribution >= 0.6 is 0 Å². The molecule has 0 aliphatic carbocycles. The summed E-state index contributed by atoms with van der Waals surface area (Å²) in [4.78, 5) is 41.5. The number of fused-ring (bicyclic) bond motifs is 1. The maximum absolute atomic E-state index is 12.8. The van der Waals surface area contributed by atoms with Crippen LogP contribution in [0, 0.1) is 0 Å². The molecule has 0 aromatic carbocycles. The van der Waals surface area contributed by atoms with E-state index < -0.39 is 0 Å². The smallest absolute Gasteiger partial charge is 0.261 e. The van der Waals surface area contributed by atoms with Crippen LogP contribution in [0.2, 0.25) is 0 Å². The van der Waals surface area contributed by atoms with Gasteiger partial charge in [-0.1, -0.05) is 6.07 Å². The molecule has 2 aliphatic heterocycles. The van der Waals surface area contributed by atoms with Crippen molar-refractivity contribution in [2.75, 3.05) is 19.7 Å². The standard InChI is InChI=1S/C21H25N5O3/c1-15(27)25-11-8-17-16(13-25)12-23-21(24-17)18-6-3-5-10-26(18)20(28)14-29-19-7-2-4-9-22-19/h2,4,7,9,12,18H,3,5-6,8,10-11,13-14H2,1H3/t18-/m1/s1. The van der Waals surface area contributed by atoms with E-state index in [9.17, 15) is 9.59 Å². The topological polar surface area (TPSA) is 88.5 Å². The van der Waals surface area contributed by atoms with Crippen LogP contribution in [0.3, 0.4) is 0 Å². The van der Waals surface area contributed by atoms with Crippen LogP contribution < -0.4 is 4.74 Å².